The van der Waals surface area contributed by atoms with Gasteiger partial charge < -0.3 is 29.4 Å². The van der Waals surface area contributed by atoms with Crippen LogP contribution in [0, 0.1) is 0 Å². The molecule has 8 heteroatoms. The summed E-state index contributed by atoms with van der Waals surface area (Å²) >= 11 is 5.74. The van der Waals surface area contributed by atoms with Crippen LogP contribution < -0.4 is 20.3 Å². The van der Waals surface area contributed by atoms with Gasteiger partial charge in [0.1, 0.15) is 13.2 Å². The standard InChI is InChI=1S/C25H27N3O4S/c29-24-19(11-18-12-22-23(13-21(18)27-24)32-10-9-31-22)15-28(16-20-7-4-8-30-20)25(33)26-14-17-5-2-1-3-6-17/h1-3,5-6,11-13,20H,4,7-10,14-16H2,(H,26,33)(H,27,29)/t20-/m0/s1. The Morgan fingerprint density at radius 3 is 2.64 bits per heavy atom. The highest BCUT2D eigenvalue weighted by molar-refractivity contribution is 7.80. The van der Waals surface area contributed by atoms with E-state index in [0.717, 1.165) is 35.9 Å². The SMILES string of the molecule is O=c1[nH]c2cc3c(cc2cc1CN(C[C@@H]1CCCO1)C(=S)NCc1ccccc1)OCCO3. The van der Waals surface area contributed by atoms with Gasteiger partial charge in [-0.05, 0) is 42.8 Å². The first kappa shape index (κ1) is 21.7. The summed E-state index contributed by atoms with van der Waals surface area (Å²) in [7, 11) is 0. The van der Waals surface area contributed by atoms with Gasteiger partial charge >= 0.3 is 0 Å². The Morgan fingerprint density at radius 2 is 1.88 bits per heavy atom. The average Bonchev–Trinajstić information content (AvgIpc) is 3.35. The highest BCUT2D eigenvalue weighted by atomic mass is 32.1. The number of hydrogen-bond acceptors (Lipinski definition) is 5. The Labute approximate surface area is 197 Å². The molecular weight excluding hydrogens is 438 g/mol. The quantitative estimate of drug-likeness (QED) is 0.541. The van der Waals surface area contributed by atoms with E-state index in [1.54, 1.807) is 0 Å². The summed E-state index contributed by atoms with van der Waals surface area (Å²) < 4.78 is 17.2. The van der Waals surface area contributed by atoms with Crippen molar-refractivity contribution in [1.29, 1.82) is 0 Å². The van der Waals surface area contributed by atoms with E-state index >= 15 is 0 Å². The van der Waals surface area contributed by atoms with Crippen molar-refractivity contribution in [3.63, 3.8) is 0 Å². The lowest BCUT2D eigenvalue weighted by Gasteiger charge is -2.28. The van der Waals surface area contributed by atoms with E-state index in [1.807, 2.05) is 41.3 Å². The maximum atomic E-state index is 12.9. The van der Waals surface area contributed by atoms with Crippen LogP contribution in [0.1, 0.15) is 24.0 Å². The summed E-state index contributed by atoms with van der Waals surface area (Å²) in [5.74, 6) is 1.35. The number of nitrogens with zero attached hydrogens (tertiary/aromatic N) is 1. The Bertz CT molecular complexity index is 1190. The lowest BCUT2D eigenvalue weighted by Crippen LogP contribution is -2.43. The number of H-pyrrole nitrogens is 1. The zero-order valence-electron chi connectivity index (χ0n) is 18.3. The molecule has 1 aromatic heterocycles. The molecule has 0 aliphatic carbocycles. The molecule has 3 aromatic rings. The van der Waals surface area contributed by atoms with Crippen molar-refractivity contribution in [3.05, 3.63) is 70.0 Å². The van der Waals surface area contributed by atoms with Gasteiger partial charge in [0.15, 0.2) is 16.6 Å². The fourth-order valence-corrected chi connectivity index (χ4v) is 4.46. The fourth-order valence-electron chi connectivity index (χ4n) is 4.25. The highest BCUT2D eigenvalue weighted by Gasteiger charge is 2.22. The summed E-state index contributed by atoms with van der Waals surface area (Å²) in [5.41, 5.74) is 2.37. The number of thiocarbonyl (C=S) groups is 1. The fraction of sp³-hybridized carbons (Fsp3) is 0.360. The van der Waals surface area contributed by atoms with Gasteiger partial charge in [-0.2, -0.15) is 0 Å². The minimum Gasteiger partial charge on any atom is -0.486 e. The Balaban J connectivity index is 1.38. The van der Waals surface area contributed by atoms with Crippen molar-refractivity contribution >= 4 is 28.2 Å². The van der Waals surface area contributed by atoms with E-state index in [-0.39, 0.29) is 11.7 Å². The van der Waals surface area contributed by atoms with E-state index in [1.165, 1.54) is 0 Å². The second-order valence-corrected chi connectivity index (χ2v) is 8.75. The van der Waals surface area contributed by atoms with Crippen LogP contribution in [0.2, 0.25) is 0 Å². The van der Waals surface area contributed by atoms with Gasteiger partial charge in [0.25, 0.3) is 5.56 Å². The van der Waals surface area contributed by atoms with E-state index in [0.29, 0.717) is 55.0 Å². The number of fused-ring (bicyclic) bond motifs is 2. The van der Waals surface area contributed by atoms with E-state index < -0.39 is 0 Å². The largest absolute Gasteiger partial charge is 0.486 e. The summed E-state index contributed by atoms with van der Waals surface area (Å²) in [5, 5.41) is 4.85. The van der Waals surface area contributed by atoms with Gasteiger partial charge in [-0.15, -0.1) is 0 Å². The smallest absolute Gasteiger partial charge is 0.253 e. The highest BCUT2D eigenvalue weighted by Crippen LogP contribution is 2.33. The maximum absolute atomic E-state index is 12.9. The van der Waals surface area contributed by atoms with Crippen LogP contribution in [0.15, 0.2) is 53.3 Å². The van der Waals surface area contributed by atoms with E-state index in [2.05, 4.69) is 22.4 Å². The second kappa shape index (κ2) is 9.80. The molecule has 2 aliphatic heterocycles. The van der Waals surface area contributed by atoms with Gasteiger partial charge in [0.2, 0.25) is 0 Å². The van der Waals surface area contributed by atoms with Crippen molar-refractivity contribution in [1.82, 2.24) is 15.2 Å². The number of rotatable bonds is 6. The maximum Gasteiger partial charge on any atom is 0.253 e. The molecule has 3 heterocycles. The number of nitrogens with one attached hydrogen (secondary N) is 2. The molecule has 0 bridgehead atoms. The average molecular weight is 466 g/mol. The molecule has 0 unspecified atom stereocenters. The lowest BCUT2D eigenvalue weighted by molar-refractivity contribution is 0.0896. The van der Waals surface area contributed by atoms with Crippen molar-refractivity contribution in [2.75, 3.05) is 26.4 Å². The third-order valence-corrected chi connectivity index (χ3v) is 6.37. The third kappa shape index (κ3) is 5.12. The van der Waals surface area contributed by atoms with Gasteiger partial charge in [-0.25, -0.2) is 0 Å². The molecule has 1 fully saturated rings. The Morgan fingerprint density at radius 1 is 1.09 bits per heavy atom. The van der Waals surface area contributed by atoms with Crippen LogP contribution in [-0.2, 0) is 17.8 Å². The summed E-state index contributed by atoms with van der Waals surface area (Å²) in [4.78, 5) is 17.9. The van der Waals surface area contributed by atoms with Crippen LogP contribution in [0.5, 0.6) is 11.5 Å². The van der Waals surface area contributed by atoms with Crippen molar-refractivity contribution in [2.24, 2.45) is 0 Å². The molecule has 172 valence electrons. The molecule has 1 saturated heterocycles. The van der Waals surface area contributed by atoms with E-state index in [9.17, 15) is 4.79 Å². The monoisotopic (exact) mass is 465 g/mol. The number of benzene rings is 2. The van der Waals surface area contributed by atoms with Crippen LogP contribution >= 0.6 is 12.2 Å². The first-order valence-electron chi connectivity index (χ1n) is 11.3. The topological polar surface area (TPSA) is 75.8 Å². The molecular formula is C25H27N3O4S. The number of ether oxygens (including phenoxy) is 3. The van der Waals surface area contributed by atoms with Crippen LogP contribution in [-0.4, -0.2) is 47.5 Å². The summed E-state index contributed by atoms with van der Waals surface area (Å²) in [6.45, 7) is 3.45. The van der Waals surface area contributed by atoms with Gasteiger partial charge in [-0.1, -0.05) is 30.3 Å². The molecule has 7 nitrogen and oxygen atoms in total. The molecule has 33 heavy (non-hydrogen) atoms. The predicted octanol–water partition coefficient (Wildman–Crippen LogP) is 3.36. The molecule has 0 saturated carbocycles. The van der Waals surface area contributed by atoms with Crippen molar-refractivity contribution in [2.45, 2.75) is 32.0 Å². The molecule has 2 aliphatic rings. The summed E-state index contributed by atoms with van der Waals surface area (Å²) in [6, 6.07) is 15.8. The number of aromatic nitrogens is 1. The zero-order chi connectivity index (χ0) is 22.6. The van der Waals surface area contributed by atoms with Crippen LogP contribution in [0.3, 0.4) is 0 Å². The Hall–Kier alpha value is -3.10. The molecule has 2 N–H and O–H groups in total. The van der Waals surface area contributed by atoms with Gasteiger partial charge in [0, 0.05) is 36.7 Å². The minimum atomic E-state index is -0.137. The lowest BCUT2D eigenvalue weighted by atomic mass is 10.1. The van der Waals surface area contributed by atoms with Crippen LogP contribution in [0.25, 0.3) is 10.9 Å². The normalized spacial score (nSPS) is 17.2. The van der Waals surface area contributed by atoms with Gasteiger partial charge in [0.05, 0.1) is 18.2 Å². The van der Waals surface area contributed by atoms with Crippen molar-refractivity contribution < 1.29 is 14.2 Å². The second-order valence-electron chi connectivity index (χ2n) is 8.37. The third-order valence-electron chi connectivity index (χ3n) is 5.97. The number of hydrogen-bond donors (Lipinski definition) is 2. The van der Waals surface area contributed by atoms with Gasteiger partial charge in [-0.3, -0.25) is 4.79 Å². The molecule has 0 spiro atoms. The van der Waals surface area contributed by atoms with Crippen LogP contribution in [0.4, 0.5) is 0 Å². The zero-order valence-corrected chi connectivity index (χ0v) is 19.2. The predicted molar refractivity (Wildman–Crippen MR) is 131 cm³/mol. The summed E-state index contributed by atoms with van der Waals surface area (Å²) in [6.07, 6.45) is 2.15. The number of aromatic amines is 1. The molecule has 2 aromatic carbocycles. The molecule has 0 amide bonds. The van der Waals surface area contributed by atoms with Crippen molar-refractivity contribution in [3.8, 4) is 11.5 Å². The minimum absolute atomic E-state index is 0.110. The first-order valence-corrected chi connectivity index (χ1v) is 11.7. The molecule has 1 atom stereocenters. The molecule has 0 radical (unpaired) electrons. The number of pyridine rings is 1. The first-order chi connectivity index (χ1) is 16.2. The Kier molecular flexibility index (Phi) is 6.46. The van der Waals surface area contributed by atoms with E-state index in [4.69, 9.17) is 26.4 Å². The molecule has 5 rings (SSSR count).